The summed E-state index contributed by atoms with van der Waals surface area (Å²) in [5.74, 6) is -0.475. The van der Waals surface area contributed by atoms with E-state index in [1.807, 2.05) is 47.2 Å². The van der Waals surface area contributed by atoms with Crippen LogP contribution in [0.25, 0.3) is 6.08 Å². The first kappa shape index (κ1) is 22.3. The molecule has 3 aromatic rings. The predicted octanol–water partition coefficient (Wildman–Crippen LogP) is 2.31. The number of nitrogens with two attached hydrogens (primary N) is 1. The van der Waals surface area contributed by atoms with Crippen molar-refractivity contribution in [2.45, 2.75) is 13.0 Å². The first-order chi connectivity index (χ1) is 15.0. The lowest BCUT2D eigenvalue weighted by atomic mass is 10.2. The molecule has 3 rings (SSSR count). The molecule has 0 unspecified atom stereocenters. The Bertz CT molecular complexity index is 1150. The molecule has 162 valence electrons. The molecule has 9 heteroatoms. The fraction of sp³-hybridized carbons (Fsp3) is 0.227. The summed E-state index contributed by atoms with van der Waals surface area (Å²) in [7, 11) is 1.56. The van der Waals surface area contributed by atoms with Crippen LogP contribution < -0.4 is 21.9 Å². The van der Waals surface area contributed by atoms with E-state index in [2.05, 4.69) is 4.98 Å². The zero-order chi connectivity index (χ0) is 22.2. The van der Waals surface area contributed by atoms with Crippen molar-refractivity contribution in [2.75, 3.05) is 30.9 Å². The van der Waals surface area contributed by atoms with Crippen LogP contribution in [0, 0.1) is 0 Å². The van der Waals surface area contributed by atoms with Crippen LogP contribution >= 0.6 is 11.3 Å². The number of ether oxygens (including phenoxy) is 1. The van der Waals surface area contributed by atoms with Crippen LogP contribution in [-0.4, -0.2) is 35.7 Å². The molecule has 0 spiro atoms. The van der Waals surface area contributed by atoms with Crippen LogP contribution in [0.4, 0.5) is 11.5 Å². The third-order valence-electron chi connectivity index (χ3n) is 4.63. The van der Waals surface area contributed by atoms with Crippen LogP contribution in [0.3, 0.4) is 0 Å². The molecule has 3 N–H and O–H groups in total. The molecule has 0 aliphatic heterocycles. The number of carbonyl (C=O) groups excluding carboxylic acids is 1. The lowest BCUT2D eigenvalue weighted by Crippen LogP contribution is -2.41. The van der Waals surface area contributed by atoms with Crippen molar-refractivity contribution >= 4 is 34.8 Å². The maximum atomic E-state index is 13.0. The minimum Gasteiger partial charge on any atom is -0.385 e. The van der Waals surface area contributed by atoms with Crippen LogP contribution in [0.2, 0.25) is 0 Å². The van der Waals surface area contributed by atoms with E-state index in [0.717, 1.165) is 11.1 Å². The van der Waals surface area contributed by atoms with Crippen molar-refractivity contribution < 1.29 is 9.53 Å². The number of carbonyl (C=O) groups is 1. The number of nitrogens with one attached hydrogen (secondary N) is 1. The van der Waals surface area contributed by atoms with E-state index in [4.69, 9.17) is 10.5 Å². The van der Waals surface area contributed by atoms with Gasteiger partial charge in [-0.1, -0.05) is 30.3 Å². The number of nitrogens with zero attached hydrogens (tertiary/aromatic N) is 2. The number of aromatic amines is 1. The van der Waals surface area contributed by atoms with E-state index >= 15 is 0 Å². The minimum absolute atomic E-state index is 0.0494. The maximum Gasteiger partial charge on any atom is 0.330 e. The van der Waals surface area contributed by atoms with Gasteiger partial charge in [-0.2, -0.15) is 11.3 Å². The Morgan fingerprint density at radius 2 is 2.03 bits per heavy atom. The Balaban J connectivity index is 2.00. The number of hydrogen-bond donors (Lipinski definition) is 2. The number of thiophene rings is 1. The summed E-state index contributed by atoms with van der Waals surface area (Å²) in [4.78, 5) is 41.7. The summed E-state index contributed by atoms with van der Waals surface area (Å²) in [6.07, 6.45) is 3.55. The molecule has 0 saturated heterocycles. The molecule has 1 amide bonds. The van der Waals surface area contributed by atoms with E-state index in [9.17, 15) is 14.4 Å². The molecule has 1 aromatic carbocycles. The summed E-state index contributed by atoms with van der Waals surface area (Å²) >= 11 is 1.52. The smallest absolute Gasteiger partial charge is 0.330 e. The number of H-pyrrole nitrogens is 1. The molecule has 0 saturated carbocycles. The highest BCUT2D eigenvalue weighted by Crippen LogP contribution is 2.19. The van der Waals surface area contributed by atoms with Crippen LogP contribution in [0.1, 0.15) is 17.5 Å². The first-order valence-corrected chi connectivity index (χ1v) is 10.6. The second-order valence-electron chi connectivity index (χ2n) is 6.79. The van der Waals surface area contributed by atoms with Crippen LogP contribution in [-0.2, 0) is 16.1 Å². The number of anilines is 2. The van der Waals surface area contributed by atoms with E-state index in [1.165, 1.54) is 26.9 Å². The van der Waals surface area contributed by atoms with Gasteiger partial charge in [0, 0.05) is 26.3 Å². The molecule has 0 radical (unpaired) electrons. The first-order valence-electron chi connectivity index (χ1n) is 9.68. The summed E-state index contributed by atoms with van der Waals surface area (Å²) in [5, 5.41) is 3.81. The zero-order valence-electron chi connectivity index (χ0n) is 17.1. The largest absolute Gasteiger partial charge is 0.385 e. The van der Waals surface area contributed by atoms with Crippen molar-refractivity contribution in [1.29, 1.82) is 0 Å². The highest BCUT2D eigenvalue weighted by molar-refractivity contribution is 7.08. The minimum atomic E-state index is -0.707. The molecular weight excluding hydrogens is 416 g/mol. The van der Waals surface area contributed by atoms with E-state index in [0.29, 0.717) is 13.0 Å². The molecular formula is C22H24N4O4S. The third kappa shape index (κ3) is 5.59. The fourth-order valence-corrected chi connectivity index (χ4v) is 3.72. The molecule has 31 heavy (non-hydrogen) atoms. The zero-order valence-corrected chi connectivity index (χ0v) is 17.9. The molecule has 2 heterocycles. The van der Waals surface area contributed by atoms with Crippen molar-refractivity contribution in [3.63, 3.8) is 0 Å². The fourth-order valence-electron chi connectivity index (χ4n) is 3.09. The molecule has 0 bridgehead atoms. The number of nitrogen functional groups attached to an aromatic ring is 1. The quantitative estimate of drug-likeness (QED) is 0.392. The Hall–Kier alpha value is -3.43. The Morgan fingerprint density at radius 3 is 2.71 bits per heavy atom. The molecule has 0 aliphatic carbocycles. The van der Waals surface area contributed by atoms with Crippen molar-refractivity contribution in [2.24, 2.45) is 0 Å². The Labute approximate surface area is 183 Å². The molecule has 0 aliphatic rings. The number of rotatable bonds is 9. The van der Waals surface area contributed by atoms with Gasteiger partial charge in [0.15, 0.2) is 5.69 Å². The average Bonchev–Trinajstić information content (AvgIpc) is 3.28. The molecule has 0 fully saturated rings. The average molecular weight is 441 g/mol. The van der Waals surface area contributed by atoms with E-state index in [-0.39, 0.29) is 24.6 Å². The standard InChI is InChI=1S/C22H24N4O4S/c1-30-12-5-11-25(18(27)9-8-17-10-13-31-15-17)19-20(23)26(22(29)24-21(19)28)14-16-6-3-2-4-7-16/h2-4,6-10,13,15H,5,11-12,14,23H2,1H3,(H,24,28,29)/b9-8+. The van der Waals surface area contributed by atoms with Gasteiger partial charge < -0.3 is 15.4 Å². The highest BCUT2D eigenvalue weighted by atomic mass is 32.1. The lowest BCUT2D eigenvalue weighted by molar-refractivity contribution is -0.114. The van der Waals surface area contributed by atoms with Gasteiger partial charge in [0.1, 0.15) is 5.82 Å². The number of aromatic nitrogens is 2. The monoisotopic (exact) mass is 440 g/mol. The van der Waals surface area contributed by atoms with Crippen molar-refractivity contribution in [1.82, 2.24) is 9.55 Å². The van der Waals surface area contributed by atoms with Gasteiger partial charge in [-0.3, -0.25) is 19.1 Å². The van der Waals surface area contributed by atoms with Gasteiger partial charge in [-0.05, 0) is 40.5 Å². The second-order valence-corrected chi connectivity index (χ2v) is 7.57. The molecule has 2 aromatic heterocycles. The van der Waals surface area contributed by atoms with E-state index in [1.54, 1.807) is 13.2 Å². The third-order valence-corrected chi connectivity index (χ3v) is 5.33. The number of methoxy groups -OCH3 is 1. The van der Waals surface area contributed by atoms with Gasteiger partial charge in [0.05, 0.1) is 6.54 Å². The SMILES string of the molecule is COCCCN(C(=O)/C=C/c1ccsc1)c1c(N)n(Cc2ccccc2)c(=O)[nH]c1=O. The van der Waals surface area contributed by atoms with Gasteiger partial charge >= 0.3 is 5.69 Å². The topological polar surface area (TPSA) is 110 Å². The number of hydrogen-bond acceptors (Lipinski definition) is 6. The Morgan fingerprint density at radius 1 is 1.26 bits per heavy atom. The lowest BCUT2D eigenvalue weighted by Gasteiger charge is -2.23. The van der Waals surface area contributed by atoms with Gasteiger partial charge in [-0.15, -0.1) is 0 Å². The van der Waals surface area contributed by atoms with Crippen LogP contribution in [0.5, 0.6) is 0 Å². The van der Waals surface area contributed by atoms with Crippen molar-refractivity contribution in [3.05, 3.63) is 85.2 Å². The van der Waals surface area contributed by atoms with Crippen molar-refractivity contribution in [3.8, 4) is 0 Å². The normalized spacial score (nSPS) is 11.1. The number of amides is 1. The highest BCUT2D eigenvalue weighted by Gasteiger charge is 2.23. The summed E-state index contributed by atoms with van der Waals surface area (Å²) in [6, 6.07) is 11.1. The summed E-state index contributed by atoms with van der Waals surface area (Å²) < 4.78 is 6.34. The summed E-state index contributed by atoms with van der Waals surface area (Å²) in [6.45, 7) is 0.775. The number of benzene rings is 1. The van der Waals surface area contributed by atoms with Gasteiger partial charge in [0.2, 0.25) is 0 Å². The Kier molecular flexibility index (Phi) is 7.58. The molecule has 8 nitrogen and oxygen atoms in total. The summed E-state index contributed by atoms with van der Waals surface area (Å²) in [5.41, 5.74) is 6.59. The van der Waals surface area contributed by atoms with Gasteiger partial charge in [0.25, 0.3) is 11.5 Å². The van der Waals surface area contributed by atoms with Crippen LogP contribution in [0.15, 0.2) is 62.8 Å². The maximum absolute atomic E-state index is 13.0. The second kappa shape index (κ2) is 10.6. The predicted molar refractivity (Wildman–Crippen MR) is 123 cm³/mol. The van der Waals surface area contributed by atoms with Gasteiger partial charge in [-0.25, -0.2) is 4.79 Å². The van der Waals surface area contributed by atoms with E-state index < -0.39 is 17.2 Å². The molecule has 0 atom stereocenters.